The summed E-state index contributed by atoms with van der Waals surface area (Å²) in [4.78, 5) is 20.4. The van der Waals surface area contributed by atoms with Gasteiger partial charge in [0.05, 0.1) is 5.41 Å². The zero-order chi connectivity index (χ0) is 14.6. The molecule has 0 bridgehead atoms. The Kier molecular flexibility index (Phi) is 4.69. The summed E-state index contributed by atoms with van der Waals surface area (Å²) < 4.78 is 0. The molecule has 6 nitrogen and oxygen atoms in total. The zero-order valence-corrected chi connectivity index (χ0v) is 12.5. The van der Waals surface area contributed by atoms with Crippen LogP contribution in [0.5, 0.6) is 0 Å². The summed E-state index contributed by atoms with van der Waals surface area (Å²) in [5, 5.41) is 8.94. The summed E-state index contributed by atoms with van der Waals surface area (Å²) in [5.41, 5.74) is 0.445. The molecule has 0 saturated carbocycles. The Hall–Kier alpha value is -1.85. The molecule has 6 heteroatoms. The summed E-state index contributed by atoms with van der Waals surface area (Å²) in [6.45, 7) is 8.07. The molecule has 0 radical (unpaired) electrons. The van der Waals surface area contributed by atoms with E-state index in [-0.39, 0.29) is 5.91 Å². The molecule has 1 aromatic heterocycles. The second-order valence-corrected chi connectivity index (χ2v) is 5.16. The quantitative estimate of drug-likeness (QED) is 0.748. The number of hydrogen-bond acceptors (Lipinski definition) is 5. The lowest BCUT2D eigenvalue weighted by Gasteiger charge is -2.24. The highest BCUT2D eigenvalue weighted by Crippen LogP contribution is 2.22. The third-order valence-electron chi connectivity index (χ3n) is 3.03. The molecule has 1 aromatic rings. The van der Waals surface area contributed by atoms with Crippen LogP contribution in [0.4, 0.5) is 11.6 Å². The number of aryl methyl sites for hydroxylation is 1. The van der Waals surface area contributed by atoms with E-state index in [0.29, 0.717) is 12.4 Å². The molecule has 106 valence electrons. The van der Waals surface area contributed by atoms with E-state index >= 15 is 0 Å². The van der Waals surface area contributed by atoms with Gasteiger partial charge in [0.1, 0.15) is 17.5 Å². The maximum absolute atomic E-state index is 11.7. The summed E-state index contributed by atoms with van der Waals surface area (Å²) in [6.07, 6.45) is 0. The summed E-state index contributed by atoms with van der Waals surface area (Å²) in [5.74, 6) is 2.24. The first-order valence-corrected chi connectivity index (χ1v) is 6.31. The minimum atomic E-state index is -0.500. The number of aromatic nitrogens is 2. The average molecular weight is 265 g/mol. The normalized spacial score (nSPS) is 11.1. The van der Waals surface area contributed by atoms with Gasteiger partial charge < -0.3 is 16.0 Å². The third kappa shape index (κ3) is 3.56. The van der Waals surface area contributed by atoms with Gasteiger partial charge in [0, 0.05) is 26.2 Å². The smallest absolute Gasteiger partial charge is 0.227 e. The Balaban J connectivity index is 2.89. The fourth-order valence-electron chi connectivity index (χ4n) is 1.77. The largest absolute Gasteiger partial charge is 0.373 e. The number of carbonyl (C=O) groups excluding carboxylic acids is 1. The van der Waals surface area contributed by atoms with Gasteiger partial charge in [-0.25, -0.2) is 9.97 Å². The van der Waals surface area contributed by atoms with Crippen molar-refractivity contribution in [2.45, 2.75) is 27.7 Å². The molecule has 0 aliphatic heterocycles. The van der Waals surface area contributed by atoms with Crippen LogP contribution in [0.2, 0.25) is 0 Å². The van der Waals surface area contributed by atoms with Gasteiger partial charge in [0.15, 0.2) is 0 Å². The van der Waals surface area contributed by atoms with Crippen molar-refractivity contribution in [3.63, 3.8) is 0 Å². The van der Waals surface area contributed by atoms with Crippen molar-refractivity contribution >= 4 is 17.5 Å². The van der Waals surface area contributed by atoms with E-state index in [9.17, 15) is 4.79 Å². The third-order valence-corrected chi connectivity index (χ3v) is 3.03. The van der Waals surface area contributed by atoms with Crippen molar-refractivity contribution < 1.29 is 4.79 Å². The van der Waals surface area contributed by atoms with Gasteiger partial charge in [0.25, 0.3) is 0 Å². The van der Waals surface area contributed by atoms with Crippen LogP contribution >= 0.6 is 0 Å². The zero-order valence-electron chi connectivity index (χ0n) is 12.5. The number of carbonyl (C=O) groups is 1. The topological polar surface area (TPSA) is 78.9 Å². The molecule has 0 atom stereocenters. The van der Waals surface area contributed by atoms with E-state index in [2.05, 4.69) is 25.9 Å². The molecular weight excluding hydrogens is 242 g/mol. The van der Waals surface area contributed by atoms with E-state index < -0.39 is 5.41 Å². The molecule has 1 heterocycles. The lowest BCUT2D eigenvalue weighted by Crippen LogP contribution is -2.39. The Labute approximate surface area is 114 Å². The van der Waals surface area contributed by atoms with Crippen LogP contribution in [0, 0.1) is 19.3 Å². The Morgan fingerprint density at radius 1 is 1.16 bits per heavy atom. The molecule has 0 unspecified atom stereocenters. The monoisotopic (exact) mass is 265 g/mol. The minimum absolute atomic E-state index is 0.00253. The fraction of sp³-hybridized carbons (Fsp3) is 0.615. The molecule has 0 spiro atoms. The van der Waals surface area contributed by atoms with Crippen molar-refractivity contribution in [1.82, 2.24) is 15.3 Å². The van der Waals surface area contributed by atoms with Gasteiger partial charge in [-0.15, -0.1) is 0 Å². The lowest BCUT2D eigenvalue weighted by atomic mass is 9.92. The predicted octanol–water partition coefficient (Wildman–Crippen LogP) is 1.32. The standard InChI is InChI=1S/C13H23N5O/c1-8-10(14-5)17-9(2)18-11(8)16-7-13(3,4)12(19)15-6/h7H2,1-6H3,(H,15,19)(H2,14,16,17,18). The van der Waals surface area contributed by atoms with Crippen molar-refractivity contribution in [3.05, 3.63) is 11.4 Å². The van der Waals surface area contributed by atoms with Gasteiger partial charge in [-0.3, -0.25) is 4.79 Å². The van der Waals surface area contributed by atoms with Crippen LogP contribution in [0.3, 0.4) is 0 Å². The maximum atomic E-state index is 11.7. The molecule has 0 aliphatic carbocycles. The van der Waals surface area contributed by atoms with Crippen LogP contribution in [-0.2, 0) is 4.79 Å². The predicted molar refractivity (Wildman–Crippen MR) is 77.4 cm³/mol. The number of amides is 1. The number of rotatable bonds is 5. The van der Waals surface area contributed by atoms with Crippen LogP contribution in [0.15, 0.2) is 0 Å². The molecule has 1 amide bonds. The summed E-state index contributed by atoms with van der Waals surface area (Å²) in [6, 6.07) is 0. The second-order valence-electron chi connectivity index (χ2n) is 5.16. The molecule has 0 saturated heterocycles. The lowest BCUT2D eigenvalue weighted by molar-refractivity contribution is -0.128. The van der Waals surface area contributed by atoms with Gasteiger partial charge >= 0.3 is 0 Å². The number of nitrogens with zero attached hydrogens (tertiary/aromatic N) is 2. The molecule has 0 fully saturated rings. The van der Waals surface area contributed by atoms with E-state index in [4.69, 9.17) is 0 Å². The van der Waals surface area contributed by atoms with Crippen molar-refractivity contribution in [2.75, 3.05) is 31.3 Å². The molecule has 0 aliphatic rings. The van der Waals surface area contributed by atoms with E-state index in [0.717, 1.165) is 17.2 Å². The highest BCUT2D eigenvalue weighted by Gasteiger charge is 2.26. The first kappa shape index (κ1) is 15.2. The highest BCUT2D eigenvalue weighted by molar-refractivity contribution is 5.82. The van der Waals surface area contributed by atoms with Crippen molar-refractivity contribution in [3.8, 4) is 0 Å². The minimum Gasteiger partial charge on any atom is -0.373 e. The second kappa shape index (κ2) is 5.86. The van der Waals surface area contributed by atoms with Crippen molar-refractivity contribution in [1.29, 1.82) is 0 Å². The van der Waals surface area contributed by atoms with Gasteiger partial charge in [-0.1, -0.05) is 0 Å². The van der Waals surface area contributed by atoms with E-state index in [1.165, 1.54) is 0 Å². The Bertz CT molecular complexity index is 470. The molecule has 0 aromatic carbocycles. The SMILES string of the molecule is CNC(=O)C(C)(C)CNc1nc(C)nc(NC)c1C. The van der Waals surface area contributed by atoms with Crippen LogP contribution in [0.25, 0.3) is 0 Å². The average Bonchev–Trinajstić information content (AvgIpc) is 2.38. The van der Waals surface area contributed by atoms with Gasteiger partial charge in [-0.2, -0.15) is 0 Å². The first-order valence-electron chi connectivity index (χ1n) is 6.31. The summed E-state index contributed by atoms with van der Waals surface area (Å²) in [7, 11) is 3.47. The fourth-order valence-corrected chi connectivity index (χ4v) is 1.77. The maximum Gasteiger partial charge on any atom is 0.227 e. The number of anilines is 2. The van der Waals surface area contributed by atoms with E-state index in [1.807, 2.05) is 34.7 Å². The van der Waals surface area contributed by atoms with Gasteiger partial charge in [-0.05, 0) is 27.7 Å². The number of nitrogens with one attached hydrogen (secondary N) is 3. The molecule has 1 rings (SSSR count). The number of hydrogen-bond donors (Lipinski definition) is 3. The van der Waals surface area contributed by atoms with Crippen molar-refractivity contribution in [2.24, 2.45) is 5.41 Å². The Morgan fingerprint density at radius 2 is 1.74 bits per heavy atom. The Morgan fingerprint density at radius 3 is 2.26 bits per heavy atom. The van der Waals surface area contributed by atoms with Crippen LogP contribution in [-0.4, -0.2) is 36.5 Å². The van der Waals surface area contributed by atoms with Gasteiger partial charge in [0.2, 0.25) is 5.91 Å². The molecular formula is C13H23N5O. The molecule has 3 N–H and O–H groups in total. The summed E-state index contributed by atoms with van der Waals surface area (Å²) >= 11 is 0. The van der Waals surface area contributed by atoms with Crippen LogP contribution in [0.1, 0.15) is 25.2 Å². The van der Waals surface area contributed by atoms with E-state index in [1.54, 1.807) is 7.05 Å². The first-order chi connectivity index (χ1) is 8.81. The van der Waals surface area contributed by atoms with Crippen LogP contribution < -0.4 is 16.0 Å². The highest BCUT2D eigenvalue weighted by atomic mass is 16.2. The molecule has 19 heavy (non-hydrogen) atoms.